The first-order chi connectivity index (χ1) is 17.9. The molecule has 13 nitrogen and oxygen atoms in total. The van der Waals surface area contributed by atoms with Gasteiger partial charge in [0.05, 0.1) is 12.9 Å². The maximum absolute atomic E-state index is 10.7. The highest BCUT2D eigenvalue weighted by atomic mass is 31.1. The molecular weight excluding hydrogens is 533 g/mol. The second kappa shape index (κ2) is 11.7. The molecule has 0 aromatic carbocycles. The van der Waals surface area contributed by atoms with E-state index in [0.29, 0.717) is 30.1 Å². The number of imidazole rings is 1. The number of fused-ring (bicyclic) bond motifs is 2. The summed E-state index contributed by atoms with van der Waals surface area (Å²) >= 11 is 0. The lowest BCUT2D eigenvalue weighted by molar-refractivity contribution is -0.256. The van der Waals surface area contributed by atoms with Gasteiger partial charge in [-0.05, 0) is 30.6 Å². The van der Waals surface area contributed by atoms with E-state index in [-0.39, 0.29) is 23.9 Å². The van der Waals surface area contributed by atoms with Crippen molar-refractivity contribution in [1.29, 1.82) is 0 Å². The second-order valence-corrected chi connectivity index (χ2v) is 16.4. The third kappa shape index (κ3) is 6.30. The molecule has 0 saturated carbocycles. The van der Waals surface area contributed by atoms with Gasteiger partial charge in [-0.15, -0.1) is 9.42 Å². The zero-order valence-corrected chi connectivity index (χ0v) is 24.7. The first kappa shape index (κ1) is 29.1. The Morgan fingerprint density at radius 3 is 2.66 bits per heavy atom. The molecular formula is C23H37N5O8PSi+. The van der Waals surface area contributed by atoms with Crippen molar-refractivity contribution in [2.75, 3.05) is 32.2 Å². The molecule has 4 heterocycles. The molecule has 0 bridgehead atoms. The number of aromatic nitrogens is 4. The van der Waals surface area contributed by atoms with Crippen LogP contribution in [0.5, 0.6) is 0 Å². The number of nitrogens with one attached hydrogen (secondary N) is 1. The SMILES string of the molecule is COC1O[C@@H]2[C@H](O1)[C@@H](CO[Si](C)(C)C(C)(C)C)O[C@H]2n1cnc2c(NC/C=C(\C)CO[P+](=O)O)ncnc21. The van der Waals surface area contributed by atoms with Gasteiger partial charge in [0.15, 0.2) is 31.5 Å². The van der Waals surface area contributed by atoms with Crippen molar-refractivity contribution in [2.45, 2.75) is 76.8 Å². The Morgan fingerprint density at radius 2 is 1.97 bits per heavy atom. The Kier molecular flexibility index (Phi) is 8.97. The number of anilines is 1. The van der Waals surface area contributed by atoms with Gasteiger partial charge in [-0.3, -0.25) is 4.57 Å². The highest BCUT2D eigenvalue weighted by Crippen LogP contribution is 2.42. The van der Waals surface area contributed by atoms with Crippen LogP contribution in [0.2, 0.25) is 18.1 Å². The van der Waals surface area contributed by atoms with Gasteiger partial charge >= 0.3 is 8.25 Å². The molecule has 2 saturated heterocycles. The van der Waals surface area contributed by atoms with Gasteiger partial charge in [-0.25, -0.2) is 15.0 Å². The molecule has 0 aliphatic carbocycles. The first-order valence-electron chi connectivity index (χ1n) is 12.4. The van der Waals surface area contributed by atoms with Gasteiger partial charge < -0.3 is 28.7 Å². The standard InChI is InChI=1S/C23H36N5O8PSi/c1-14(10-32-37(29)30)8-9-24-19-16-20(26-12-25-19)28(13-27-16)21-18-17(35-22(31-5)36-18)15(34-21)11-33-38(6,7)23(2,3)4/h8,12-13,15,17-18,21-22H,9-11H2,1-7H3,(H-,24,25,26,29,30)/p+1/b14-8+/t15-,17-,18-,21-,22?/m1/s1. The Labute approximate surface area is 223 Å². The minimum absolute atomic E-state index is 0.0617. The largest absolute Gasteiger partial charge is 0.695 e. The fourth-order valence-corrected chi connectivity index (χ4v) is 5.32. The van der Waals surface area contributed by atoms with Crippen molar-refractivity contribution < 1.29 is 37.4 Å². The van der Waals surface area contributed by atoms with Crippen LogP contribution in [0.15, 0.2) is 24.3 Å². The predicted molar refractivity (Wildman–Crippen MR) is 141 cm³/mol. The third-order valence-corrected chi connectivity index (χ3v) is 12.0. The number of rotatable bonds is 11. The van der Waals surface area contributed by atoms with Gasteiger partial charge in [-0.1, -0.05) is 26.8 Å². The lowest BCUT2D eigenvalue weighted by Crippen LogP contribution is -2.44. The average Bonchev–Trinajstić information content (AvgIpc) is 3.54. The van der Waals surface area contributed by atoms with Gasteiger partial charge in [0, 0.05) is 18.2 Å². The summed E-state index contributed by atoms with van der Waals surface area (Å²) in [5.74, 6) is 0.540. The molecule has 210 valence electrons. The Hall–Kier alpha value is -1.87. The number of methoxy groups -OCH3 is 1. The van der Waals surface area contributed by atoms with E-state index < -0.39 is 35.4 Å². The molecule has 38 heavy (non-hydrogen) atoms. The summed E-state index contributed by atoms with van der Waals surface area (Å²) in [5.41, 5.74) is 1.94. The van der Waals surface area contributed by atoms with Crippen LogP contribution in [0.25, 0.3) is 11.2 Å². The number of ether oxygens (including phenoxy) is 4. The molecule has 2 aliphatic heterocycles. The van der Waals surface area contributed by atoms with Gasteiger partial charge in [-0.2, -0.15) is 0 Å². The molecule has 2 unspecified atom stereocenters. The molecule has 4 rings (SSSR count). The Morgan fingerprint density at radius 1 is 1.24 bits per heavy atom. The summed E-state index contributed by atoms with van der Waals surface area (Å²) in [4.78, 5) is 22.1. The first-order valence-corrected chi connectivity index (χ1v) is 16.4. The summed E-state index contributed by atoms with van der Waals surface area (Å²) in [6, 6.07) is 0. The van der Waals surface area contributed by atoms with Crippen LogP contribution >= 0.6 is 8.25 Å². The lowest BCUT2D eigenvalue weighted by Gasteiger charge is -2.37. The molecule has 6 atom stereocenters. The van der Waals surface area contributed by atoms with Crippen molar-refractivity contribution in [2.24, 2.45) is 0 Å². The van der Waals surface area contributed by atoms with Crippen LogP contribution in [-0.4, -0.2) is 84.4 Å². The van der Waals surface area contributed by atoms with E-state index >= 15 is 0 Å². The number of hydrogen-bond donors (Lipinski definition) is 2. The van der Waals surface area contributed by atoms with Crippen LogP contribution < -0.4 is 5.32 Å². The van der Waals surface area contributed by atoms with Crippen molar-refractivity contribution >= 4 is 33.6 Å². The quantitative estimate of drug-likeness (QED) is 0.231. The molecule has 2 aromatic rings. The van der Waals surface area contributed by atoms with E-state index in [0.717, 1.165) is 5.57 Å². The van der Waals surface area contributed by atoms with Crippen LogP contribution in [0.4, 0.5) is 5.82 Å². The van der Waals surface area contributed by atoms with Crippen molar-refractivity contribution in [3.05, 3.63) is 24.3 Å². The average molecular weight is 571 g/mol. The summed E-state index contributed by atoms with van der Waals surface area (Å²) in [6.45, 7) is 12.9. The topological polar surface area (TPSA) is 148 Å². The van der Waals surface area contributed by atoms with E-state index in [9.17, 15) is 4.57 Å². The lowest BCUT2D eigenvalue weighted by atomic mass is 10.1. The van der Waals surface area contributed by atoms with E-state index in [2.05, 4.69) is 54.1 Å². The number of hydrogen-bond acceptors (Lipinski definition) is 11. The molecule has 0 amide bonds. The molecule has 0 spiro atoms. The summed E-state index contributed by atoms with van der Waals surface area (Å²) in [5, 5.41) is 3.27. The Bertz CT molecular complexity index is 1170. The monoisotopic (exact) mass is 570 g/mol. The van der Waals surface area contributed by atoms with Gasteiger partial charge in [0.1, 0.15) is 31.2 Å². The predicted octanol–water partition coefficient (Wildman–Crippen LogP) is 3.48. The molecule has 2 fully saturated rings. The molecule has 2 aromatic heterocycles. The van der Waals surface area contributed by atoms with E-state index in [1.54, 1.807) is 13.3 Å². The fraction of sp³-hybridized carbons (Fsp3) is 0.696. The highest BCUT2D eigenvalue weighted by molar-refractivity contribution is 7.32. The van der Waals surface area contributed by atoms with E-state index in [4.69, 9.17) is 32.8 Å². The van der Waals surface area contributed by atoms with Crippen molar-refractivity contribution in [3.63, 3.8) is 0 Å². The Balaban J connectivity index is 1.51. The van der Waals surface area contributed by atoms with Gasteiger partial charge in [0.2, 0.25) is 0 Å². The van der Waals surface area contributed by atoms with E-state index in [1.165, 1.54) is 13.4 Å². The van der Waals surface area contributed by atoms with E-state index in [1.807, 2.05) is 10.6 Å². The summed E-state index contributed by atoms with van der Waals surface area (Å²) < 4.78 is 47.5. The summed E-state index contributed by atoms with van der Waals surface area (Å²) in [7, 11) is -3.11. The van der Waals surface area contributed by atoms with Crippen molar-refractivity contribution in [1.82, 2.24) is 19.5 Å². The van der Waals surface area contributed by atoms with Crippen LogP contribution in [0.3, 0.4) is 0 Å². The minimum atomic E-state index is -2.63. The maximum atomic E-state index is 10.7. The maximum Gasteiger partial charge on any atom is 0.695 e. The smallest absolute Gasteiger partial charge is 0.414 e. The fourth-order valence-electron chi connectivity index (χ4n) is 3.99. The molecule has 0 radical (unpaired) electrons. The number of nitrogens with zero attached hydrogens (tertiary/aromatic N) is 4. The molecule has 2 N–H and O–H groups in total. The van der Waals surface area contributed by atoms with Crippen molar-refractivity contribution in [3.8, 4) is 0 Å². The van der Waals surface area contributed by atoms with Crippen LogP contribution in [-0.2, 0) is 32.5 Å². The zero-order valence-electron chi connectivity index (χ0n) is 22.8. The molecule has 15 heteroatoms. The third-order valence-electron chi connectivity index (χ3n) is 7.18. The zero-order chi connectivity index (χ0) is 27.7. The van der Waals surface area contributed by atoms with Gasteiger partial charge in [0.25, 0.3) is 6.48 Å². The normalized spacial score (nSPS) is 26.7. The summed E-state index contributed by atoms with van der Waals surface area (Å²) in [6.07, 6.45) is 3.21. The minimum Gasteiger partial charge on any atom is -0.414 e. The molecule has 2 aliphatic rings. The van der Waals surface area contributed by atoms with Crippen LogP contribution in [0.1, 0.15) is 33.9 Å². The second-order valence-electron chi connectivity index (χ2n) is 10.9. The highest BCUT2D eigenvalue weighted by Gasteiger charge is 2.54. The van der Waals surface area contributed by atoms with Crippen LogP contribution in [0, 0.1) is 0 Å².